The lowest BCUT2D eigenvalue weighted by molar-refractivity contribution is -0.115. The quantitative estimate of drug-likeness (QED) is 0.904. The summed E-state index contributed by atoms with van der Waals surface area (Å²) >= 11 is 4.71. The largest absolute Gasteiger partial charge is 0.300 e. The number of hydrogen-bond acceptors (Lipinski definition) is 7. The van der Waals surface area contributed by atoms with Crippen molar-refractivity contribution in [2.75, 3.05) is 17.6 Å². The molecule has 0 saturated heterocycles. The van der Waals surface area contributed by atoms with Gasteiger partial charge in [0.1, 0.15) is 9.38 Å². The number of hydrogen-bond donors (Lipinski definition) is 1. The van der Waals surface area contributed by atoms with E-state index in [-0.39, 0.29) is 11.2 Å². The Hall–Kier alpha value is -0.600. The molecule has 1 atom stereocenters. The number of carbonyl (C=O) groups is 1. The van der Waals surface area contributed by atoms with Gasteiger partial charge in [-0.2, -0.15) is 0 Å². The average molecular weight is 316 g/mol. The number of aromatic nitrogens is 2. The molecule has 104 valence electrons. The maximum atomic E-state index is 12.2. The highest BCUT2D eigenvalue weighted by molar-refractivity contribution is 8.39. The van der Waals surface area contributed by atoms with Crippen molar-refractivity contribution in [3.63, 3.8) is 0 Å². The second-order valence-electron chi connectivity index (χ2n) is 3.85. The van der Waals surface area contributed by atoms with E-state index in [0.29, 0.717) is 5.13 Å². The van der Waals surface area contributed by atoms with E-state index in [2.05, 4.69) is 20.5 Å². The molecule has 1 aromatic rings. The van der Waals surface area contributed by atoms with Crippen LogP contribution in [0.3, 0.4) is 0 Å². The number of rotatable bonds is 5. The minimum atomic E-state index is -0.113. The molecule has 2 heterocycles. The fraction of sp³-hybridized carbons (Fsp3) is 0.636. The third-order valence-electron chi connectivity index (χ3n) is 2.46. The van der Waals surface area contributed by atoms with E-state index in [4.69, 9.17) is 0 Å². The van der Waals surface area contributed by atoms with Gasteiger partial charge in [-0.3, -0.25) is 15.1 Å². The molecule has 1 aliphatic rings. The molecule has 0 saturated carbocycles. The van der Waals surface area contributed by atoms with E-state index in [1.54, 1.807) is 23.5 Å². The summed E-state index contributed by atoms with van der Waals surface area (Å²) in [6.07, 6.45) is 1.61. The fourth-order valence-electron chi connectivity index (χ4n) is 1.46. The zero-order valence-electron chi connectivity index (χ0n) is 10.9. The Morgan fingerprint density at radius 3 is 2.89 bits per heavy atom. The van der Waals surface area contributed by atoms with Crippen molar-refractivity contribution in [1.82, 2.24) is 10.2 Å². The normalized spacial score (nSPS) is 16.2. The predicted molar refractivity (Wildman–Crippen MR) is 84.3 cm³/mol. The van der Waals surface area contributed by atoms with Crippen molar-refractivity contribution < 1.29 is 4.79 Å². The molecule has 0 fully saturated rings. The highest BCUT2D eigenvalue weighted by Gasteiger charge is 2.22. The van der Waals surface area contributed by atoms with Gasteiger partial charge in [0.2, 0.25) is 11.0 Å². The number of aryl methyl sites for hydroxylation is 1. The summed E-state index contributed by atoms with van der Waals surface area (Å²) in [6.45, 7) is 4.89. The maximum Gasteiger partial charge on any atom is 0.239 e. The minimum absolute atomic E-state index is 0.0125. The number of carbonyl (C=O) groups excluding carboxylic acids is 1. The van der Waals surface area contributed by atoms with Crippen molar-refractivity contribution in [2.45, 2.75) is 31.9 Å². The lowest BCUT2D eigenvalue weighted by Crippen LogP contribution is -2.25. The Morgan fingerprint density at radius 2 is 2.32 bits per heavy atom. The molecule has 8 heteroatoms. The summed E-state index contributed by atoms with van der Waals surface area (Å²) in [5, 5.41) is 12.2. The Kier molecular flexibility index (Phi) is 5.65. The van der Waals surface area contributed by atoms with Crippen LogP contribution in [0.1, 0.15) is 25.3 Å². The summed E-state index contributed by atoms with van der Waals surface area (Å²) in [5.74, 6) is 1.01. The Bertz CT molecular complexity index is 474. The molecule has 0 bridgehead atoms. The highest BCUT2D eigenvalue weighted by atomic mass is 32.2. The zero-order chi connectivity index (χ0) is 13.7. The van der Waals surface area contributed by atoms with Gasteiger partial charge in [-0.1, -0.05) is 48.7 Å². The number of nitrogens with one attached hydrogen (secondary N) is 1. The van der Waals surface area contributed by atoms with E-state index in [1.807, 2.05) is 13.8 Å². The molecule has 0 aromatic carbocycles. The van der Waals surface area contributed by atoms with Crippen LogP contribution in [0.15, 0.2) is 4.99 Å². The van der Waals surface area contributed by atoms with Crippen LogP contribution in [-0.4, -0.2) is 38.0 Å². The topological polar surface area (TPSA) is 67.2 Å². The molecular weight excluding hydrogens is 300 g/mol. The molecule has 19 heavy (non-hydrogen) atoms. The Balaban J connectivity index is 1.92. The van der Waals surface area contributed by atoms with Gasteiger partial charge in [0.25, 0.3) is 0 Å². The molecule has 5 nitrogen and oxygen atoms in total. The number of aliphatic imine (C=N–C) groups is 1. The highest BCUT2D eigenvalue weighted by Crippen LogP contribution is 2.28. The van der Waals surface area contributed by atoms with Crippen LogP contribution in [-0.2, 0) is 11.2 Å². The molecule has 0 spiro atoms. The molecule has 1 unspecified atom stereocenters. The van der Waals surface area contributed by atoms with Crippen molar-refractivity contribution in [2.24, 2.45) is 4.99 Å². The van der Waals surface area contributed by atoms with E-state index in [0.717, 1.165) is 34.5 Å². The number of nitrogens with zero attached hydrogens (tertiary/aromatic N) is 3. The van der Waals surface area contributed by atoms with E-state index < -0.39 is 0 Å². The monoisotopic (exact) mass is 316 g/mol. The van der Waals surface area contributed by atoms with Crippen molar-refractivity contribution >= 4 is 50.3 Å². The van der Waals surface area contributed by atoms with Gasteiger partial charge in [-0.25, -0.2) is 0 Å². The van der Waals surface area contributed by atoms with E-state index in [9.17, 15) is 4.79 Å². The molecule has 0 aliphatic carbocycles. The summed E-state index contributed by atoms with van der Waals surface area (Å²) in [5.41, 5.74) is 0. The van der Waals surface area contributed by atoms with Gasteiger partial charge in [-0.05, 0) is 12.8 Å². The van der Waals surface area contributed by atoms with Crippen LogP contribution in [0.25, 0.3) is 0 Å². The number of thioether (sulfide) groups is 2. The Labute approximate surface area is 125 Å². The van der Waals surface area contributed by atoms with Crippen molar-refractivity contribution in [3.05, 3.63) is 5.01 Å². The first-order valence-electron chi connectivity index (χ1n) is 6.20. The van der Waals surface area contributed by atoms with Crippen LogP contribution < -0.4 is 5.32 Å². The van der Waals surface area contributed by atoms with Gasteiger partial charge in [0.15, 0.2) is 0 Å². The second kappa shape index (κ2) is 7.25. The molecule has 1 amide bonds. The fourth-order valence-corrected chi connectivity index (χ4v) is 4.30. The van der Waals surface area contributed by atoms with E-state index in [1.165, 1.54) is 11.3 Å². The summed E-state index contributed by atoms with van der Waals surface area (Å²) < 4.78 is 1.02. The molecule has 1 aromatic heterocycles. The first kappa shape index (κ1) is 14.8. The third kappa shape index (κ3) is 4.19. The minimum Gasteiger partial charge on any atom is -0.300 e. The van der Waals surface area contributed by atoms with Gasteiger partial charge in [-0.15, -0.1) is 10.2 Å². The number of anilines is 1. The molecule has 1 N–H and O–H groups in total. The zero-order valence-corrected chi connectivity index (χ0v) is 13.3. The first-order valence-corrected chi connectivity index (χ1v) is 8.88. The van der Waals surface area contributed by atoms with Crippen molar-refractivity contribution in [1.29, 1.82) is 0 Å². The van der Waals surface area contributed by atoms with Gasteiger partial charge in [0.05, 0.1) is 11.8 Å². The lowest BCUT2D eigenvalue weighted by Gasteiger charge is -2.12. The average Bonchev–Trinajstić information content (AvgIpc) is 3.06. The smallest absolute Gasteiger partial charge is 0.239 e. The summed E-state index contributed by atoms with van der Waals surface area (Å²) in [6, 6.07) is 0. The van der Waals surface area contributed by atoms with Gasteiger partial charge < -0.3 is 0 Å². The lowest BCUT2D eigenvalue weighted by atomic mass is 10.3. The first-order chi connectivity index (χ1) is 9.22. The standard InChI is InChI=1S/C11H16N4OS3/c1-3-7(18-11-12-5-6-17-11)9(16)13-10-15-14-8(4-2)19-10/h7H,3-6H2,1-2H3,(H,13,15,16). The predicted octanol–water partition coefficient (Wildman–Crippen LogP) is 2.65. The van der Waals surface area contributed by atoms with Gasteiger partial charge >= 0.3 is 0 Å². The number of amides is 1. The molecule has 1 aliphatic heterocycles. The Morgan fingerprint density at radius 1 is 1.47 bits per heavy atom. The van der Waals surface area contributed by atoms with Crippen LogP contribution in [0.5, 0.6) is 0 Å². The van der Waals surface area contributed by atoms with Crippen LogP contribution in [0, 0.1) is 0 Å². The van der Waals surface area contributed by atoms with Crippen LogP contribution in [0.2, 0.25) is 0 Å². The van der Waals surface area contributed by atoms with Crippen LogP contribution in [0.4, 0.5) is 5.13 Å². The molecular formula is C11H16N4OS3. The maximum absolute atomic E-state index is 12.2. The summed E-state index contributed by atoms with van der Waals surface area (Å²) in [4.78, 5) is 16.5. The SMILES string of the molecule is CCc1nnc(NC(=O)C(CC)SC2=NCCS2)s1. The van der Waals surface area contributed by atoms with Crippen LogP contribution >= 0.6 is 34.9 Å². The third-order valence-corrected chi connectivity index (χ3v) is 6.01. The summed E-state index contributed by atoms with van der Waals surface area (Å²) in [7, 11) is 0. The molecule has 2 rings (SSSR count). The second-order valence-corrected chi connectivity index (χ2v) is 7.45. The van der Waals surface area contributed by atoms with E-state index >= 15 is 0 Å². The molecule has 0 radical (unpaired) electrons. The van der Waals surface area contributed by atoms with Gasteiger partial charge in [0, 0.05) is 5.75 Å². The van der Waals surface area contributed by atoms with Crippen molar-refractivity contribution in [3.8, 4) is 0 Å².